The van der Waals surface area contributed by atoms with Crippen LogP contribution in [-0.4, -0.2) is 8.76 Å². The predicted octanol–water partition coefficient (Wildman–Crippen LogP) is 2.31. The van der Waals surface area contributed by atoms with Gasteiger partial charge in [-0.05, 0) is 33.6 Å². The zero-order valence-electron chi connectivity index (χ0n) is 5.96. The summed E-state index contributed by atoms with van der Waals surface area (Å²) in [6.07, 6.45) is 0. The fraction of sp³-hybridized carbons (Fsp3) is 0.143. The van der Waals surface area contributed by atoms with Gasteiger partial charge in [0.2, 0.25) is 0 Å². The van der Waals surface area contributed by atoms with Crippen LogP contribution in [0.15, 0.2) is 22.7 Å². The van der Waals surface area contributed by atoms with Crippen molar-refractivity contribution in [1.82, 2.24) is 0 Å². The molecule has 0 radical (unpaired) electrons. The maximum absolute atomic E-state index is 12.8. The first-order valence-corrected chi connectivity index (χ1v) is 5.18. The SMILES string of the molecule is O=S(O)Cc1ccc(Br)c(F)c1. The number of benzene rings is 1. The summed E-state index contributed by atoms with van der Waals surface area (Å²) in [6.45, 7) is 0. The molecule has 1 N–H and O–H groups in total. The number of rotatable bonds is 2. The maximum Gasteiger partial charge on any atom is 0.157 e. The zero-order valence-corrected chi connectivity index (χ0v) is 8.36. The molecular formula is C7H6BrFO2S. The lowest BCUT2D eigenvalue weighted by atomic mass is 10.2. The summed E-state index contributed by atoms with van der Waals surface area (Å²) in [7, 11) is 0. The predicted molar refractivity (Wildman–Crippen MR) is 48.6 cm³/mol. The molecule has 0 saturated heterocycles. The minimum atomic E-state index is -1.91. The highest BCUT2D eigenvalue weighted by Gasteiger charge is 2.02. The summed E-state index contributed by atoms with van der Waals surface area (Å²) in [5, 5.41) is 0. The molecule has 5 heteroatoms. The first kappa shape index (κ1) is 9.83. The van der Waals surface area contributed by atoms with Crippen LogP contribution in [0.1, 0.15) is 5.56 Å². The molecule has 0 saturated carbocycles. The van der Waals surface area contributed by atoms with Crippen molar-refractivity contribution in [3.63, 3.8) is 0 Å². The van der Waals surface area contributed by atoms with Gasteiger partial charge in [0.15, 0.2) is 11.1 Å². The summed E-state index contributed by atoms with van der Waals surface area (Å²) >= 11 is 1.07. The van der Waals surface area contributed by atoms with Crippen LogP contribution >= 0.6 is 15.9 Å². The Morgan fingerprint density at radius 2 is 2.25 bits per heavy atom. The molecular weight excluding hydrogens is 247 g/mol. The van der Waals surface area contributed by atoms with Gasteiger partial charge in [-0.15, -0.1) is 0 Å². The van der Waals surface area contributed by atoms with Gasteiger partial charge in [-0.2, -0.15) is 0 Å². The highest BCUT2D eigenvalue weighted by Crippen LogP contribution is 2.16. The number of hydrogen-bond acceptors (Lipinski definition) is 1. The van der Waals surface area contributed by atoms with Crippen LogP contribution in [-0.2, 0) is 16.8 Å². The topological polar surface area (TPSA) is 37.3 Å². The molecule has 0 aliphatic heterocycles. The smallest absolute Gasteiger partial charge is 0.157 e. The minimum absolute atomic E-state index is 0.0375. The van der Waals surface area contributed by atoms with Crippen LogP contribution in [0.4, 0.5) is 4.39 Å². The third-order valence-electron chi connectivity index (χ3n) is 1.27. The van der Waals surface area contributed by atoms with Crippen LogP contribution < -0.4 is 0 Å². The standard InChI is InChI=1S/C7H6BrFO2S/c8-6-2-1-5(3-7(6)9)4-12(10)11/h1-3H,4H2,(H,10,11). The Kier molecular flexibility index (Phi) is 3.37. The van der Waals surface area contributed by atoms with Crippen molar-refractivity contribution in [1.29, 1.82) is 0 Å². The van der Waals surface area contributed by atoms with Crippen LogP contribution in [0, 0.1) is 5.82 Å². The Balaban J connectivity index is 2.89. The summed E-state index contributed by atoms with van der Waals surface area (Å²) in [5.74, 6) is -0.456. The van der Waals surface area contributed by atoms with E-state index >= 15 is 0 Å². The van der Waals surface area contributed by atoms with E-state index in [9.17, 15) is 8.60 Å². The lowest BCUT2D eigenvalue weighted by Crippen LogP contribution is -1.93. The zero-order chi connectivity index (χ0) is 9.14. The molecule has 1 rings (SSSR count). The minimum Gasteiger partial charge on any atom is -0.306 e. The third-order valence-corrected chi connectivity index (χ3v) is 2.50. The Bertz CT molecular complexity index is 316. The second-order valence-corrected chi connectivity index (χ2v) is 4.00. The molecule has 0 heterocycles. The van der Waals surface area contributed by atoms with E-state index in [0.717, 1.165) is 0 Å². The van der Waals surface area contributed by atoms with Crippen molar-refractivity contribution in [2.75, 3.05) is 0 Å². The van der Waals surface area contributed by atoms with E-state index in [0.29, 0.717) is 10.0 Å². The van der Waals surface area contributed by atoms with Gasteiger partial charge in [0.1, 0.15) is 5.82 Å². The van der Waals surface area contributed by atoms with E-state index in [4.69, 9.17) is 4.55 Å². The highest BCUT2D eigenvalue weighted by atomic mass is 79.9. The van der Waals surface area contributed by atoms with Crippen molar-refractivity contribution >= 4 is 27.0 Å². The van der Waals surface area contributed by atoms with E-state index in [-0.39, 0.29) is 5.75 Å². The summed E-state index contributed by atoms with van der Waals surface area (Å²) in [6, 6.07) is 4.34. The van der Waals surface area contributed by atoms with Gasteiger partial charge < -0.3 is 4.55 Å². The Morgan fingerprint density at radius 3 is 2.75 bits per heavy atom. The molecule has 2 nitrogen and oxygen atoms in total. The molecule has 66 valence electrons. The quantitative estimate of drug-likeness (QED) is 0.821. The van der Waals surface area contributed by atoms with E-state index in [1.807, 2.05) is 0 Å². The fourth-order valence-electron chi connectivity index (χ4n) is 0.772. The van der Waals surface area contributed by atoms with Gasteiger partial charge >= 0.3 is 0 Å². The van der Waals surface area contributed by atoms with E-state index in [1.165, 1.54) is 12.1 Å². The monoisotopic (exact) mass is 252 g/mol. The lowest BCUT2D eigenvalue weighted by molar-refractivity contribution is 0.563. The van der Waals surface area contributed by atoms with Crippen LogP contribution in [0.2, 0.25) is 0 Å². The second-order valence-electron chi connectivity index (χ2n) is 2.21. The Morgan fingerprint density at radius 1 is 1.58 bits per heavy atom. The highest BCUT2D eigenvalue weighted by molar-refractivity contribution is 9.10. The average molecular weight is 253 g/mol. The van der Waals surface area contributed by atoms with E-state index < -0.39 is 16.9 Å². The molecule has 1 atom stereocenters. The normalized spacial score (nSPS) is 12.9. The molecule has 0 spiro atoms. The van der Waals surface area contributed by atoms with Gasteiger partial charge in [0.25, 0.3) is 0 Å². The molecule has 0 fully saturated rings. The van der Waals surface area contributed by atoms with Gasteiger partial charge in [0.05, 0.1) is 10.2 Å². The molecule has 1 aromatic carbocycles. The van der Waals surface area contributed by atoms with Crippen molar-refractivity contribution < 1.29 is 13.2 Å². The van der Waals surface area contributed by atoms with E-state index in [2.05, 4.69) is 15.9 Å². The summed E-state index contributed by atoms with van der Waals surface area (Å²) < 4.78 is 32.0. The van der Waals surface area contributed by atoms with Crippen LogP contribution in [0.5, 0.6) is 0 Å². The summed E-state index contributed by atoms with van der Waals surface area (Å²) in [5.41, 5.74) is 0.511. The molecule has 1 aromatic rings. The third kappa shape index (κ3) is 2.66. The van der Waals surface area contributed by atoms with Gasteiger partial charge in [0, 0.05) is 0 Å². The van der Waals surface area contributed by atoms with Crippen molar-refractivity contribution in [3.05, 3.63) is 34.1 Å². The second kappa shape index (κ2) is 4.11. The van der Waals surface area contributed by atoms with Gasteiger partial charge in [-0.25, -0.2) is 8.60 Å². The average Bonchev–Trinajstić information content (AvgIpc) is 1.96. The largest absolute Gasteiger partial charge is 0.306 e. The first-order chi connectivity index (χ1) is 5.59. The number of halogens is 2. The Labute approximate surface area is 80.2 Å². The van der Waals surface area contributed by atoms with Crippen molar-refractivity contribution in [2.45, 2.75) is 5.75 Å². The molecule has 12 heavy (non-hydrogen) atoms. The van der Waals surface area contributed by atoms with E-state index in [1.54, 1.807) is 6.07 Å². The van der Waals surface area contributed by atoms with Crippen molar-refractivity contribution in [3.8, 4) is 0 Å². The molecule has 0 amide bonds. The van der Waals surface area contributed by atoms with Crippen molar-refractivity contribution in [2.24, 2.45) is 0 Å². The fourth-order valence-corrected chi connectivity index (χ4v) is 1.48. The van der Waals surface area contributed by atoms with Gasteiger partial charge in [-0.3, -0.25) is 0 Å². The van der Waals surface area contributed by atoms with Crippen LogP contribution in [0.3, 0.4) is 0 Å². The first-order valence-electron chi connectivity index (χ1n) is 3.11. The molecule has 0 bridgehead atoms. The van der Waals surface area contributed by atoms with Crippen LogP contribution in [0.25, 0.3) is 0 Å². The maximum atomic E-state index is 12.8. The number of hydrogen-bond donors (Lipinski definition) is 1. The van der Waals surface area contributed by atoms with Gasteiger partial charge in [-0.1, -0.05) is 6.07 Å². The Hall–Kier alpha value is -0.260. The lowest BCUT2D eigenvalue weighted by Gasteiger charge is -1.98. The molecule has 0 aromatic heterocycles. The molecule has 0 aliphatic rings. The molecule has 1 unspecified atom stereocenters. The molecule has 0 aliphatic carbocycles. The summed E-state index contributed by atoms with van der Waals surface area (Å²) in [4.78, 5) is 0.